The number of carbonyl (C=O) groups is 1. The fourth-order valence-electron chi connectivity index (χ4n) is 2.53. The largest absolute Gasteiger partial charge is 0.488 e. The molecule has 3 rings (SSSR count). The Kier molecular flexibility index (Phi) is 6.77. The molecule has 3 aromatic rings. The van der Waals surface area contributed by atoms with Crippen LogP contribution in [0.25, 0.3) is 6.08 Å². The molecule has 0 saturated carbocycles. The van der Waals surface area contributed by atoms with Crippen molar-refractivity contribution in [3.05, 3.63) is 99.8 Å². The Morgan fingerprint density at radius 2 is 1.76 bits per heavy atom. The number of rotatable bonds is 6. The van der Waals surface area contributed by atoms with Crippen molar-refractivity contribution in [2.75, 3.05) is 5.32 Å². The summed E-state index contributed by atoms with van der Waals surface area (Å²) in [6.07, 6.45) is 1.42. The van der Waals surface area contributed by atoms with E-state index in [0.717, 1.165) is 10.0 Å². The number of nitrogens with one attached hydrogen (secondary N) is 1. The highest BCUT2D eigenvalue weighted by atomic mass is 79.9. The van der Waals surface area contributed by atoms with Gasteiger partial charge in [-0.05, 0) is 42.0 Å². The Morgan fingerprint density at radius 3 is 2.48 bits per heavy atom. The summed E-state index contributed by atoms with van der Waals surface area (Å²) in [5.74, 6) is -0.737. The lowest BCUT2D eigenvalue weighted by atomic mass is 10.1. The van der Waals surface area contributed by atoms with E-state index in [1.807, 2.05) is 30.3 Å². The van der Waals surface area contributed by atoms with Crippen LogP contribution in [0.15, 0.2) is 82.8 Å². The summed E-state index contributed by atoms with van der Waals surface area (Å²) in [6.45, 7) is 0.335. The van der Waals surface area contributed by atoms with E-state index in [4.69, 9.17) is 4.74 Å². The van der Waals surface area contributed by atoms with E-state index >= 15 is 0 Å². The molecule has 1 amide bonds. The van der Waals surface area contributed by atoms with Crippen molar-refractivity contribution < 1.29 is 13.9 Å². The number of halogens is 2. The van der Waals surface area contributed by atoms with Crippen molar-refractivity contribution >= 4 is 33.6 Å². The molecule has 0 aliphatic rings. The molecule has 0 atom stereocenters. The Morgan fingerprint density at radius 1 is 1.07 bits per heavy atom. The van der Waals surface area contributed by atoms with E-state index in [2.05, 4.69) is 21.2 Å². The van der Waals surface area contributed by atoms with Crippen molar-refractivity contribution in [3.8, 4) is 11.8 Å². The minimum atomic E-state index is -0.694. The minimum absolute atomic E-state index is 0.0124. The molecule has 1 N–H and O–H groups in total. The molecule has 0 aromatic heterocycles. The van der Waals surface area contributed by atoms with Crippen LogP contribution in [-0.4, -0.2) is 5.91 Å². The van der Waals surface area contributed by atoms with Crippen LogP contribution < -0.4 is 10.1 Å². The van der Waals surface area contributed by atoms with Crippen molar-refractivity contribution in [1.29, 1.82) is 5.26 Å². The van der Waals surface area contributed by atoms with Gasteiger partial charge in [0, 0.05) is 10.0 Å². The molecular formula is C23H16BrFN2O2. The zero-order chi connectivity index (χ0) is 20.6. The van der Waals surface area contributed by atoms with Gasteiger partial charge in [-0.25, -0.2) is 4.39 Å². The molecule has 3 aromatic carbocycles. The monoisotopic (exact) mass is 450 g/mol. The van der Waals surface area contributed by atoms with E-state index in [1.54, 1.807) is 30.3 Å². The van der Waals surface area contributed by atoms with E-state index in [-0.39, 0.29) is 11.3 Å². The Hall–Kier alpha value is -3.43. The van der Waals surface area contributed by atoms with Gasteiger partial charge in [-0.15, -0.1) is 0 Å². The van der Waals surface area contributed by atoms with Crippen LogP contribution in [0.4, 0.5) is 10.1 Å². The van der Waals surface area contributed by atoms with Crippen molar-refractivity contribution in [2.45, 2.75) is 6.61 Å². The third kappa shape index (κ3) is 5.53. The van der Waals surface area contributed by atoms with Gasteiger partial charge in [-0.3, -0.25) is 4.79 Å². The molecule has 0 aliphatic carbocycles. The second-order valence-corrected chi connectivity index (χ2v) is 6.97. The molecule has 29 heavy (non-hydrogen) atoms. The number of anilines is 1. The maximum atomic E-state index is 13.8. The van der Waals surface area contributed by atoms with Gasteiger partial charge in [-0.1, -0.05) is 58.4 Å². The Balaban J connectivity index is 1.78. The van der Waals surface area contributed by atoms with E-state index < -0.39 is 11.7 Å². The fraction of sp³-hybridized carbons (Fsp3) is 0.0435. The molecule has 4 nitrogen and oxygen atoms in total. The number of amides is 1. The highest BCUT2D eigenvalue weighted by molar-refractivity contribution is 9.10. The van der Waals surface area contributed by atoms with Gasteiger partial charge in [-0.2, -0.15) is 5.26 Å². The first-order valence-corrected chi connectivity index (χ1v) is 9.50. The first-order chi connectivity index (χ1) is 14.1. The second-order valence-electron chi connectivity index (χ2n) is 6.06. The van der Waals surface area contributed by atoms with Crippen LogP contribution in [0, 0.1) is 17.1 Å². The van der Waals surface area contributed by atoms with Gasteiger partial charge >= 0.3 is 0 Å². The molecule has 6 heteroatoms. The average Bonchev–Trinajstić information content (AvgIpc) is 2.74. The summed E-state index contributed by atoms with van der Waals surface area (Å²) in [6, 6.07) is 22.4. The summed E-state index contributed by atoms with van der Waals surface area (Å²) in [5, 5.41) is 11.8. The summed E-state index contributed by atoms with van der Waals surface area (Å²) < 4.78 is 20.6. The summed E-state index contributed by atoms with van der Waals surface area (Å²) in [7, 11) is 0. The number of nitriles is 1. The first kappa shape index (κ1) is 20.3. The molecular weight excluding hydrogens is 435 g/mol. The summed E-state index contributed by atoms with van der Waals surface area (Å²) >= 11 is 3.39. The predicted octanol–water partition coefficient (Wildman–Crippen LogP) is 5.71. The number of para-hydroxylation sites is 2. The quantitative estimate of drug-likeness (QED) is 0.386. The van der Waals surface area contributed by atoms with Gasteiger partial charge in [0.05, 0.1) is 5.69 Å². The zero-order valence-corrected chi connectivity index (χ0v) is 16.8. The van der Waals surface area contributed by atoms with Crippen LogP contribution in [0.1, 0.15) is 11.1 Å². The number of nitrogens with zero attached hydrogens (tertiary/aromatic N) is 1. The summed E-state index contributed by atoms with van der Waals surface area (Å²) in [4.78, 5) is 12.4. The van der Waals surface area contributed by atoms with Crippen molar-refractivity contribution in [1.82, 2.24) is 0 Å². The molecule has 0 fully saturated rings. The van der Waals surface area contributed by atoms with Crippen LogP contribution in [0.3, 0.4) is 0 Å². The van der Waals surface area contributed by atoms with E-state index in [1.165, 1.54) is 24.3 Å². The molecule has 0 saturated heterocycles. The predicted molar refractivity (Wildman–Crippen MR) is 114 cm³/mol. The first-order valence-electron chi connectivity index (χ1n) is 8.71. The van der Waals surface area contributed by atoms with Crippen LogP contribution in [0.5, 0.6) is 5.75 Å². The topological polar surface area (TPSA) is 62.1 Å². The third-order valence-electron chi connectivity index (χ3n) is 4.01. The number of carbonyl (C=O) groups excluding carboxylic acids is 1. The van der Waals surface area contributed by atoms with Gasteiger partial charge in [0.25, 0.3) is 5.91 Å². The van der Waals surface area contributed by atoms with E-state index in [0.29, 0.717) is 17.9 Å². The molecule has 0 spiro atoms. The highest BCUT2D eigenvalue weighted by Crippen LogP contribution is 2.23. The lowest BCUT2D eigenvalue weighted by Crippen LogP contribution is -2.14. The highest BCUT2D eigenvalue weighted by Gasteiger charge is 2.13. The molecule has 0 aliphatic heterocycles. The molecule has 0 heterocycles. The molecule has 0 bridgehead atoms. The lowest BCUT2D eigenvalue weighted by Gasteiger charge is -2.10. The standard InChI is InChI=1S/C23H16BrFN2O2/c24-19-11-9-16(10-12-19)15-29-22-8-4-1-5-17(22)13-18(14-26)23(28)27-21-7-3-2-6-20(21)25/h1-13H,15H2,(H,27,28)/b18-13+. The van der Waals surface area contributed by atoms with Crippen LogP contribution in [-0.2, 0) is 11.4 Å². The lowest BCUT2D eigenvalue weighted by molar-refractivity contribution is -0.112. The van der Waals surface area contributed by atoms with E-state index in [9.17, 15) is 14.4 Å². The average molecular weight is 451 g/mol. The van der Waals surface area contributed by atoms with Crippen molar-refractivity contribution in [3.63, 3.8) is 0 Å². The van der Waals surface area contributed by atoms with Gasteiger partial charge in [0.1, 0.15) is 29.8 Å². The van der Waals surface area contributed by atoms with Crippen LogP contribution >= 0.6 is 15.9 Å². The number of benzene rings is 3. The van der Waals surface area contributed by atoms with Gasteiger partial charge in [0.15, 0.2) is 0 Å². The van der Waals surface area contributed by atoms with Gasteiger partial charge < -0.3 is 10.1 Å². The number of hydrogen-bond donors (Lipinski definition) is 1. The minimum Gasteiger partial charge on any atom is -0.488 e. The second kappa shape index (κ2) is 9.67. The van der Waals surface area contributed by atoms with Crippen molar-refractivity contribution in [2.24, 2.45) is 0 Å². The fourth-order valence-corrected chi connectivity index (χ4v) is 2.79. The van der Waals surface area contributed by atoms with Crippen LogP contribution in [0.2, 0.25) is 0 Å². The molecule has 0 unspecified atom stereocenters. The SMILES string of the molecule is N#C/C(=C\c1ccccc1OCc1ccc(Br)cc1)C(=O)Nc1ccccc1F. The zero-order valence-electron chi connectivity index (χ0n) is 15.2. The smallest absolute Gasteiger partial charge is 0.266 e. The van der Waals surface area contributed by atoms with Gasteiger partial charge in [0.2, 0.25) is 0 Å². The maximum Gasteiger partial charge on any atom is 0.266 e. The maximum absolute atomic E-state index is 13.8. The Labute approximate surface area is 176 Å². The Bertz CT molecular complexity index is 1090. The third-order valence-corrected chi connectivity index (χ3v) is 4.54. The summed E-state index contributed by atoms with van der Waals surface area (Å²) in [5.41, 5.74) is 1.40. The number of ether oxygens (including phenoxy) is 1. The number of hydrogen-bond acceptors (Lipinski definition) is 3. The molecule has 0 radical (unpaired) electrons. The molecule has 144 valence electrons. The normalized spacial score (nSPS) is 10.9.